The second-order valence-electron chi connectivity index (χ2n) is 10.6. The van der Waals surface area contributed by atoms with Gasteiger partial charge in [0.1, 0.15) is 5.75 Å². The zero-order valence-electron chi connectivity index (χ0n) is 22.2. The van der Waals surface area contributed by atoms with Gasteiger partial charge in [-0.3, -0.25) is 14.6 Å². The number of aryl methyl sites for hydroxylation is 1. The van der Waals surface area contributed by atoms with Crippen molar-refractivity contribution in [3.05, 3.63) is 77.4 Å². The first-order valence-corrected chi connectivity index (χ1v) is 13.7. The summed E-state index contributed by atoms with van der Waals surface area (Å²) >= 11 is 0. The predicted molar refractivity (Wildman–Crippen MR) is 148 cm³/mol. The fourth-order valence-corrected chi connectivity index (χ4v) is 5.78. The Morgan fingerprint density at radius 2 is 2.03 bits per heavy atom. The Morgan fingerprint density at radius 3 is 2.69 bits per heavy atom. The number of likely N-dealkylation sites (N-methyl/N-ethyl adjacent to an activating group) is 1. The summed E-state index contributed by atoms with van der Waals surface area (Å²) in [6.07, 6.45) is 5.96. The van der Waals surface area contributed by atoms with Crippen LogP contribution in [0.15, 0.2) is 59.3 Å². The van der Waals surface area contributed by atoms with E-state index < -0.39 is 5.54 Å². The zero-order chi connectivity index (χ0) is 27.3. The van der Waals surface area contributed by atoms with Crippen molar-refractivity contribution in [2.45, 2.75) is 50.4 Å². The molecule has 2 aromatic carbocycles. The first kappa shape index (κ1) is 25.5. The lowest BCUT2D eigenvalue weighted by Gasteiger charge is -2.41. The van der Waals surface area contributed by atoms with Gasteiger partial charge in [-0.15, -0.1) is 0 Å². The lowest BCUT2D eigenvalue weighted by Crippen LogP contribution is -2.53. The van der Waals surface area contributed by atoms with E-state index in [0.717, 1.165) is 53.4 Å². The normalized spacial score (nSPS) is 18.8. The molecular weight excluding hydrogens is 508 g/mol. The summed E-state index contributed by atoms with van der Waals surface area (Å²) in [6, 6.07) is 13.8. The van der Waals surface area contributed by atoms with Crippen molar-refractivity contribution in [3.8, 4) is 17.1 Å². The van der Waals surface area contributed by atoms with Crippen molar-refractivity contribution in [3.63, 3.8) is 0 Å². The molecule has 3 heterocycles. The Bertz CT molecular complexity index is 1600. The molecule has 2 aliphatic rings. The summed E-state index contributed by atoms with van der Waals surface area (Å²) in [6.45, 7) is 4.40. The van der Waals surface area contributed by atoms with E-state index in [4.69, 9.17) is 9.15 Å². The first-order chi connectivity index (χ1) is 18.7. The van der Waals surface area contributed by atoms with Gasteiger partial charge in [-0.25, -0.2) is 4.98 Å². The van der Waals surface area contributed by atoms with E-state index in [2.05, 4.69) is 37.5 Å². The number of nitrogens with zero attached hydrogens (tertiary/aromatic N) is 3. The number of pyridine rings is 1. The molecule has 1 aliphatic carbocycles. The van der Waals surface area contributed by atoms with Gasteiger partial charge in [0.05, 0.1) is 33.2 Å². The first-order valence-electron chi connectivity index (χ1n) is 13.1. The van der Waals surface area contributed by atoms with Crippen molar-refractivity contribution in [1.29, 1.82) is 0 Å². The number of ketones is 1. The molecule has 1 saturated heterocycles. The number of carbonyl (C=O) groups excluding carboxylic acids is 2. The van der Waals surface area contributed by atoms with E-state index in [9.17, 15) is 9.59 Å². The van der Waals surface area contributed by atoms with Gasteiger partial charge in [-0.2, -0.15) is 0 Å². The molecule has 1 amide bonds. The summed E-state index contributed by atoms with van der Waals surface area (Å²) in [5, 5.41) is 4.29. The lowest BCUT2D eigenvalue weighted by atomic mass is 9.95. The van der Waals surface area contributed by atoms with E-state index in [1.807, 2.05) is 49.4 Å². The third kappa shape index (κ3) is 4.76. The number of nitrogens with one attached hydrogen (secondary N) is 1. The second kappa shape index (κ2) is 9.73. The van der Waals surface area contributed by atoms with Gasteiger partial charge in [0.15, 0.2) is 5.76 Å². The topological polar surface area (TPSA) is 97.6 Å². The van der Waals surface area contributed by atoms with Crippen LogP contribution in [-0.4, -0.2) is 62.2 Å². The average molecular weight is 538 g/mol. The number of amides is 1. The van der Waals surface area contributed by atoms with Crippen molar-refractivity contribution in [2.24, 2.45) is 0 Å². The maximum Gasteiger partial charge on any atom is 0.263 e. The Hall–Kier alpha value is -3.82. The largest absolute Gasteiger partial charge is 0.493 e. The number of benzene rings is 2. The molecule has 0 spiro atoms. The molecule has 197 valence electrons. The minimum absolute atomic E-state index is 0.0641. The molecule has 0 bridgehead atoms. The molecule has 9 heteroatoms. The highest BCUT2D eigenvalue weighted by Crippen LogP contribution is 2.49. The highest BCUT2D eigenvalue weighted by Gasteiger charge is 2.47. The molecule has 1 unspecified atom stereocenters. The number of hydrogen-bond donors (Lipinski definition) is 1. The van der Waals surface area contributed by atoms with Crippen molar-refractivity contribution < 1.29 is 18.7 Å². The van der Waals surface area contributed by atoms with E-state index in [-0.39, 0.29) is 23.3 Å². The molecule has 8 nitrogen and oxygen atoms in total. The highest BCUT2D eigenvalue weighted by molar-refractivity contribution is 6.11. The van der Waals surface area contributed by atoms with Crippen molar-refractivity contribution in [1.82, 2.24) is 20.2 Å². The number of fused-ring (bicyclic) bond motifs is 1. The summed E-state index contributed by atoms with van der Waals surface area (Å²) in [4.78, 5) is 36.3. The van der Waals surface area contributed by atoms with Gasteiger partial charge in [0, 0.05) is 35.7 Å². The fraction of sp³-hybridized carbons (Fsp3) is 0.333. The van der Waals surface area contributed by atoms with Crippen molar-refractivity contribution >= 4 is 32.8 Å². The molecular formula is C30H29N4O4Si. The van der Waals surface area contributed by atoms with Crippen LogP contribution in [0.3, 0.4) is 0 Å². The number of Topliss-reactive ketones (excluding diaryl/α,β-unsaturated/α-hetero) is 1. The number of rotatable bonds is 8. The minimum Gasteiger partial charge on any atom is -0.493 e. The van der Waals surface area contributed by atoms with Gasteiger partial charge < -0.3 is 19.4 Å². The summed E-state index contributed by atoms with van der Waals surface area (Å²) in [5.41, 5.74) is 3.27. The number of hydrogen-bond acceptors (Lipinski definition) is 7. The van der Waals surface area contributed by atoms with Crippen LogP contribution < -0.4 is 10.1 Å². The molecule has 2 fully saturated rings. The van der Waals surface area contributed by atoms with Gasteiger partial charge in [-0.1, -0.05) is 12.1 Å². The van der Waals surface area contributed by atoms with Crippen LogP contribution in [0.2, 0.25) is 0 Å². The maximum atomic E-state index is 13.7. The molecule has 2 atom stereocenters. The Kier molecular flexibility index (Phi) is 6.35. The predicted octanol–water partition coefficient (Wildman–Crippen LogP) is 4.40. The Balaban J connectivity index is 1.31. The van der Waals surface area contributed by atoms with Crippen LogP contribution in [0, 0.1) is 6.92 Å². The van der Waals surface area contributed by atoms with Crippen LogP contribution in [0.25, 0.3) is 22.2 Å². The Labute approximate surface area is 230 Å². The molecule has 1 aliphatic heterocycles. The van der Waals surface area contributed by atoms with E-state index in [0.29, 0.717) is 23.1 Å². The van der Waals surface area contributed by atoms with E-state index in [1.165, 1.54) is 6.92 Å². The van der Waals surface area contributed by atoms with Crippen LogP contribution >= 0.6 is 0 Å². The number of oxazole rings is 1. The van der Waals surface area contributed by atoms with Gasteiger partial charge in [-0.05, 0) is 81.2 Å². The third-order valence-electron chi connectivity index (χ3n) is 7.84. The lowest BCUT2D eigenvalue weighted by molar-refractivity contribution is 0.0562. The Morgan fingerprint density at radius 1 is 1.21 bits per heavy atom. The molecule has 1 N–H and O–H groups in total. The van der Waals surface area contributed by atoms with Crippen LogP contribution in [0.1, 0.15) is 58.4 Å². The molecule has 1 saturated carbocycles. The number of aromatic nitrogens is 2. The van der Waals surface area contributed by atoms with Gasteiger partial charge >= 0.3 is 0 Å². The van der Waals surface area contributed by atoms with Gasteiger partial charge in [0.25, 0.3) is 11.8 Å². The van der Waals surface area contributed by atoms with Crippen LogP contribution in [0.5, 0.6) is 5.75 Å². The second-order valence-corrected chi connectivity index (χ2v) is 11.1. The van der Waals surface area contributed by atoms with Crippen LogP contribution in [-0.2, 0) is 5.54 Å². The smallest absolute Gasteiger partial charge is 0.263 e. The highest BCUT2D eigenvalue weighted by atomic mass is 28.1. The molecule has 2 aromatic heterocycles. The summed E-state index contributed by atoms with van der Waals surface area (Å²) < 4.78 is 11.9. The average Bonchev–Trinajstić information content (AvgIpc) is 3.50. The number of carbonyl (C=O) groups is 2. The monoisotopic (exact) mass is 537 g/mol. The molecule has 3 radical (unpaired) electrons. The molecule has 6 rings (SSSR count). The zero-order valence-corrected chi connectivity index (χ0v) is 23.2. The fourth-order valence-electron chi connectivity index (χ4n) is 5.23. The van der Waals surface area contributed by atoms with Crippen LogP contribution in [0.4, 0.5) is 0 Å². The van der Waals surface area contributed by atoms with Crippen molar-refractivity contribution in [2.75, 3.05) is 13.6 Å². The maximum absolute atomic E-state index is 13.7. The third-order valence-corrected chi connectivity index (χ3v) is 8.34. The SMILES string of the molecule is CC(=O)c1ncc(-c2cc(C3(NC(=O)c4cc(OC([Si])[C@@H]5CCN5C)ccc4C)CC3)c3cccnc3c2)o1. The molecule has 4 aromatic rings. The number of likely N-dealkylation sites (tertiary alicyclic amines) is 1. The standard InChI is InChI=1S/C30H29N4O4Si/c1-17-6-7-20(37-29(39)25-8-12-34(25)3)15-22(17)27(36)33-30(9-10-30)23-13-19(14-24-21(23)5-4-11-31-24)26-16-32-28(38-26)18(2)35/h4-7,11,13-16,25,29H,8-10,12H2,1-3H3,(H,33,36)/t25-,29?/m0/s1. The summed E-state index contributed by atoms with van der Waals surface area (Å²) in [7, 11) is 5.79. The van der Waals surface area contributed by atoms with E-state index >= 15 is 0 Å². The minimum atomic E-state index is -0.534. The van der Waals surface area contributed by atoms with E-state index in [1.54, 1.807) is 12.4 Å². The number of ether oxygens (including phenoxy) is 1. The summed E-state index contributed by atoms with van der Waals surface area (Å²) in [5.74, 6) is 0.813. The molecule has 39 heavy (non-hydrogen) atoms. The van der Waals surface area contributed by atoms with Gasteiger partial charge in [0.2, 0.25) is 5.78 Å². The quantitative estimate of drug-likeness (QED) is 0.263.